The maximum absolute atomic E-state index is 10.3. The molecule has 31 heavy (non-hydrogen) atoms. The van der Waals surface area contributed by atoms with E-state index < -0.39 is 5.60 Å². The molecule has 0 saturated heterocycles. The molecule has 0 spiro atoms. The van der Waals surface area contributed by atoms with Gasteiger partial charge in [0.1, 0.15) is 5.82 Å². The number of nitrogens with zero attached hydrogens (tertiary/aromatic N) is 3. The van der Waals surface area contributed by atoms with Crippen LogP contribution >= 0.6 is 11.3 Å². The van der Waals surface area contributed by atoms with Crippen LogP contribution in [-0.2, 0) is 12.1 Å². The minimum absolute atomic E-state index is 0.643. The van der Waals surface area contributed by atoms with Gasteiger partial charge >= 0.3 is 0 Å². The highest BCUT2D eigenvalue weighted by Gasteiger charge is 2.16. The molecule has 6 nitrogen and oxygen atoms in total. The van der Waals surface area contributed by atoms with Crippen LogP contribution in [0.3, 0.4) is 0 Å². The van der Waals surface area contributed by atoms with E-state index in [9.17, 15) is 5.11 Å². The molecule has 4 rings (SSSR count). The van der Waals surface area contributed by atoms with Crippen LogP contribution in [0.2, 0.25) is 0 Å². The molecule has 2 aromatic heterocycles. The standard InChI is InChI=1S/C22H23N5OS.C2H6/c1-22(2,28)16-6-4-5-15(10-16)18-12-24-13-20(26-18)25-11-14-7-8-17-19(9-14)29-21(23-3)27-17;1-2/h4-10,12-13,28H,11H2,1-3H3,(H,23,27)(H,25,26);1-2H3. The molecule has 162 valence electrons. The van der Waals surface area contributed by atoms with Crippen molar-refractivity contribution < 1.29 is 5.11 Å². The van der Waals surface area contributed by atoms with Crippen LogP contribution in [0.4, 0.5) is 10.9 Å². The number of fused-ring (bicyclic) bond motifs is 1. The summed E-state index contributed by atoms with van der Waals surface area (Å²) in [5.74, 6) is 0.705. The minimum Gasteiger partial charge on any atom is -0.386 e. The van der Waals surface area contributed by atoms with Crippen LogP contribution in [0.15, 0.2) is 54.9 Å². The molecule has 3 N–H and O–H groups in total. The Morgan fingerprint density at radius 1 is 1.03 bits per heavy atom. The van der Waals surface area contributed by atoms with E-state index in [0.717, 1.165) is 37.7 Å². The summed E-state index contributed by atoms with van der Waals surface area (Å²) >= 11 is 1.64. The Bertz CT molecular complexity index is 1150. The molecule has 0 aliphatic carbocycles. The number of thiazole rings is 1. The zero-order valence-electron chi connectivity index (χ0n) is 18.6. The highest BCUT2D eigenvalue weighted by atomic mass is 32.1. The van der Waals surface area contributed by atoms with E-state index in [2.05, 4.69) is 37.7 Å². The lowest BCUT2D eigenvalue weighted by Crippen LogP contribution is -2.15. The Kier molecular flexibility index (Phi) is 7.20. The first kappa shape index (κ1) is 22.7. The van der Waals surface area contributed by atoms with Crippen molar-refractivity contribution in [2.24, 2.45) is 0 Å². The molecular formula is C24H29N5OS. The number of anilines is 2. The summed E-state index contributed by atoms with van der Waals surface area (Å²) in [5.41, 5.74) is 3.77. The highest BCUT2D eigenvalue weighted by molar-refractivity contribution is 7.22. The Morgan fingerprint density at radius 3 is 2.58 bits per heavy atom. The van der Waals surface area contributed by atoms with Crippen molar-refractivity contribution in [2.75, 3.05) is 17.7 Å². The second kappa shape index (κ2) is 9.85. The van der Waals surface area contributed by atoms with Crippen molar-refractivity contribution in [3.8, 4) is 11.3 Å². The maximum atomic E-state index is 10.3. The molecule has 0 radical (unpaired) electrons. The minimum atomic E-state index is -0.901. The first-order valence-corrected chi connectivity index (χ1v) is 11.2. The Labute approximate surface area is 187 Å². The molecule has 0 unspecified atom stereocenters. The van der Waals surface area contributed by atoms with Crippen molar-refractivity contribution in [3.05, 3.63) is 66.0 Å². The van der Waals surface area contributed by atoms with Crippen molar-refractivity contribution >= 4 is 32.5 Å². The molecule has 0 saturated carbocycles. The van der Waals surface area contributed by atoms with E-state index >= 15 is 0 Å². The Balaban J connectivity index is 0.00000132. The fourth-order valence-corrected chi connectivity index (χ4v) is 3.91. The number of aliphatic hydroxyl groups is 1. The van der Waals surface area contributed by atoms with Crippen LogP contribution in [0, 0.1) is 0 Å². The molecule has 0 aliphatic heterocycles. The lowest BCUT2D eigenvalue weighted by Gasteiger charge is -2.18. The SMILES string of the molecule is CC.CNc1nc2ccc(CNc3cncc(-c4cccc(C(C)(C)O)c4)n3)cc2s1. The third-order valence-corrected chi connectivity index (χ3v) is 5.68. The molecule has 0 fully saturated rings. The van der Waals surface area contributed by atoms with Crippen LogP contribution in [-0.4, -0.2) is 27.1 Å². The summed E-state index contributed by atoms with van der Waals surface area (Å²) < 4.78 is 1.15. The lowest BCUT2D eigenvalue weighted by molar-refractivity contribution is 0.0786. The number of hydrogen-bond donors (Lipinski definition) is 3. The quantitative estimate of drug-likeness (QED) is 0.362. The van der Waals surface area contributed by atoms with Gasteiger partial charge < -0.3 is 15.7 Å². The van der Waals surface area contributed by atoms with Crippen molar-refractivity contribution in [1.29, 1.82) is 0 Å². The predicted octanol–water partition coefficient (Wildman–Crippen LogP) is 5.66. The first-order chi connectivity index (χ1) is 14.9. The molecule has 0 bridgehead atoms. The summed E-state index contributed by atoms with van der Waals surface area (Å²) in [6.07, 6.45) is 3.45. The van der Waals surface area contributed by atoms with Gasteiger partial charge in [-0.3, -0.25) is 4.98 Å². The van der Waals surface area contributed by atoms with Gasteiger partial charge in [0.25, 0.3) is 0 Å². The van der Waals surface area contributed by atoms with E-state index in [1.54, 1.807) is 37.6 Å². The van der Waals surface area contributed by atoms with E-state index in [1.165, 1.54) is 0 Å². The van der Waals surface area contributed by atoms with Gasteiger partial charge in [-0.05, 0) is 43.2 Å². The molecule has 0 atom stereocenters. The van der Waals surface area contributed by atoms with Gasteiger partial charge in [0, 0.05) is 19.2 Å². The molecule has 7 heteroatoms. The second-order valence-electron chi connectivity index (χ2n) is 7.35. The number of nitrogens with one attached hydrogen (secondary N) is 2. The lowest BCUT2D eigenvalue weighted by atomic mass is 9.96. The van der Waals surface area contributed by atoms with Gasteiger partial charge in [0.15, 0.2) is 5.13 Å². The van der Waals surface area contributed by atoms with Gasteiger partial charge in [-0.25, -0.2) is 9.97 Å². The highest BCUT2D eigenvalue weighted by Crippen LogP contribution is 2.27. The fraction of sp³-hybridized carbons (Fsp3) is 0.292. The molecular weight excluding hydrogens is 406 g/mol. The van der Waals surface area contributed by atoms with E-state index in [-0.39, 0.29) is 0 Å². The van der Waals surface area contributed by atoms with Crippen LogP contribution < -0.4 is 10.6 Å². The number of aromatic nitrogens is 3. The topological polar surface area (TPSA) is 83.0 Å². The maximum Gasteiger partial charge on any atom is 0.183 e. The Hall–Kier alpha value is -3.03. The average molecular weight is 436 g/mol. The van der Waals surface area contributed by atoms with E-state index in [1.807, 2.05) is 51.2 Å². The molecule has 0 aliphatic rings. The number of rotatable bonds is 6. The number of benzene rings is 2. The largest absolute Gasteiger partial charge is 0.386 e. The normalized spacial score (nSPS) is 11.0. The second-order valence-corrected chi connectivity index (χ2v) is 8.38. The van der Waals surface area contributed by atoms with Crippen molar-refractivity contribution in [2.45, 2.75) is 39.8 Å². The zero-order chi connectivity index (χ0) is 22.4. The Morgan fingerprint density at radius 2 is 1.84 bits per heavy atom. The summed E-state index contributed by atoms with van der Waals surface area (Å²) in [6, 6.07) is 14.0. The molecule has 0 amide bonds. The van der Waals surface area contributed by atoms with E-state index in [0.29, 0.717) is 12.4 Å². The fourth-order valence-electron chi connectivity index (χ4n) is 3.03. The third-order valence-electron chi connectivity index (χ3n) is 4.64. The van der Waals surface area contributed by atoms with E-state index in [4.69, 9.17) is 0 Å². The predicted molar refractivity (Wildman–Crippen MR) is 131 cm³/mol. The summed E-state index contributed by atoms with van der Waals surface area (Å²) in [4.78, 5) is 13.5. The van der Waals surface area contributed by atoms with Gasteiger partial charge in [0.2, 0.25) is 0 Å². The summed E-state index contributed by atoms with van der Waals surface area (Å²) in [6.45, 7) is 8.19. The summed E-state index contributed by atoms with van der Waals surface area (Å²) in [7, 11) is 1.88. The van der Waals surface area contributed by atoms with Crippen LogP contribution in [0.5, 0.6) is 0 Å². The van der Waals surface area contributed by atoms with Gasteiger partial charge in [-0.2, -0.15) is 0 Å². The molecule has 4 aromatic rings. The monoisotopic (exact) mass is 435 g/mol. The number of hydrogen-bond acceptors (Lipinski definition) is 7. The van der Waals surface area contributed by atoms with Gasteiger partial charge in [-0.15, -0.1) is 0 Å². The zero-order valence-corrected chi connectivity index (χ0v) is 19.4. The van der Waals surface area contributed by atoms with Crippen molar-refractivity contribution in [3.63, 3.8) is 0 Å². The van der Waals surface area contributed by atoms with Gasteiger partial charge in [-0.1, -0.05) is 49.4 Å². The van der Waals surface area contributed by atoms with Crippen molar-refractivity contribution in [1.82, 2.24) is 15.0 Å². The average Bonchev–Trinajstić information content (AvgIpc) is 3.21. The first-order valence-electron chi connectivity index (χ1n) is 10.4. The third kappa shape index (κ3) is 5.57. The molecule has 2 aromatic carbocycles. The summed E-state index contributed by atoms with van der Waals surface area (Å²) in [5, 5.41) is 17.6. The molecule has 2 heterocycles. The van der Waals surface area contributed by atoms with Crippen LogP contribution in [0.25, 0.3) is 21.5 Å². The van der Waals surface area contributed by atoms with Crippen LogP contribution in [0.1, 0.15) is 38.8 Å². The van der Waals surface area contributed by atoms with Gasteiger partial charge in [0.05, 0.1) is 33.9 Å². The smallest absolute Gasteiger partial charge is 0.183 e.